The van der Waals surface area contributed by atoms with Crippen molar-refractivity contribution in [3.8, 4) is 0 Å². The lowest BCUT2D eigenvalue weighted by Gasteiger charge is -2.21. The van der Waals surface area contributed by atoms with Gasteiger partial charge in [0.25, 0.3) is 5.91 Å². The van der Waals surface area contributed by atoms with Crippen molar-refractivity contribution in [1.29, 1.82) is 0 Å². The second-order valence-corrected chi connectivity index (χ2v) is 9.56. The third-order valence-electron chi connectivity index (χ3n) is 4.50. The first-order valence-electron chi connectivity index (χ1n) is 8.93. The van der Waals surface area contributed by atoms with Crippen LogP contribution in [-0.4, -0.2) is 41.9 Å². The van der Waals surface area contributed by atoms with E-state index in [1.807, 2.05) is 0 Å². The van der Waals surface area contributed by atoms with E-state index in [4.69, 9.17) is 0 Å². The number of nitrogens with one attached hydrogen (secondary N) is 1. The average Bonchev–Trinajstić information content (AvgIpc) is 3.10. The zero-order valence-electron chi connectivity index (χ0n) is 16.3. The number of hydrogen-bond acceptors (Lipinski definition) is 6. The molecule has 27 heavy (non-hydrogen) atoms. The highest BCUT2D eigenvalue weighted by molar-refractivity contribution is 7.89. The van der Waals surface area contributed by atoms with Crippen LogP contribution in [0.25, 0.3) is 0 Å². The Morgan fingerprint density at radius 3 is 2.48 bits per heavy atom. The summed E-state index contributed by atoms with van der Waals surface area (Å²) in [7, 11) is -2.13. The topological polar surface area (TPSA) is 92.3 Å². The summed E-state index contributed by atoms with van der Waals surface area (Å²) >= 11 is 1.35. The smallest absolute Gasteiger partial charge is 0.257 e. The molecule has 0 aliphatic heterocycles. The first-order valence-corrected chi connectivity index (χ1v) is 11.2. The van der Waals surface area contributed by atoms with Gasteiger partial charge >= 0.3 is 0 Å². The van der Waals surface area contributed by atoms with E-state index in [1.165, 1.54) is 34.8 Å². The molecule has 0 unspecified atom stereocenters. The van der Waals surface area contributed by atoms with Crippen LogP contribution in [-0.2, 0) is 10.0 Å². The molecule has 1 aromatic carbocycles. The zero-order valence-corrected chi connectivity index (χ0v) is 17.9. The van der Waals surface area contributed by atoms with E-state index in [1.54, 1.807) is 26.0 Å². The fraction of sp³-hybridized carbons (Fsp3) is 0.500. The van der Waals surface area contributed by atoms with Crippen molar-refractivity contribution in [1.82, 2.24) is 14.5 Å². The number of nitrogens with zero attached hydrogens (tertiary/aromatic N) is 3. The third-order valence-corrected chi connectivity index (χ3v) is 7.53. The highest BCUT2D eigenvalue weighted by Gasteiger charge is 2.24. The first-order chi connectivity index (χ1) is 12.7. The zero-order chi connectivity index (χ0) is 20.2. The van der Waals surface area contributed by atoms with Crippen molar-refractivity contribution in [3.05, 3.63) is 34.8 Å². The second-order valence-electron chi connectivity index (χ2n) is 6.56. The molecule has 2 aromatic rings. The minimum absolute atomic E-state index is 0.0846. The highest BCUT2D eigenvalue weighted by Crippen LogP contribution is 2.28. The fourth-order valence-electron chi connectivity index (χ4n) is 2.50. The van der Waals surface area contributed by atoms with Crippen molar-refractivity contribution in [2.75, 3.05) is 12.4 Å². The number of amides is 1. The molecular formula is C18H26N4O3S2. The summed E-state index contributed by atoms with van der Waals surface area (Å²) in [6, 6.07) is 5.82. The van der Waals surface area contributed by atoms with Gasteiger partial charge in [-0.25, -0.2) is 8.42 Å². The van der Waals surface area contributed by atoms with Gasteiger partial charge < -0.3 is 0 Å². The normalized spacial score (nSPS) is 12.1. The van der Waals surface area contributed by atoms with Crippen molar-refractivity contribution in [2.45, 2.75) is 57.4 Å². The molecule has 0 fully saturated rings. The van der Waals surface area contributed by atoms with Crippen LogP contribution in [0.5, 0.6) is 0 Å². The summed E-state index contributed by atoms with van der Waals surface area (Å²) in [6.45, 7) is 7.77. The molecule has 2 rings (SSSR count). The number of aromatic nitrogens is 2. The van der Waals surface area contributed by atoms with Gasteiger partial charge in [0.1, 0.15) is 5.01 Å². The molecular weight excluding hydrogens is 384 g/mol. The predicted molar refractivity (Wildman–Crippen MR) is 108 cm³/mol. The lowest BCUT2D eigenvalue weighted by Crippen LogP contribution is -2.33. The van der Waals surface area contributed by atoms with Crippen molar-refractivity contribution >= 4 is 32.4 Å². The summed E-state index contributed by atoms with van der Waals surface area (Å²) in [5.41, 5.74) is 0.257. The van der Waals surface area contributed by atoms with E-state index in [0.717, 1.165) is 17.8 Å². The van der Waals surface area contributed by atoms with Crippen molar-refractivity contribution in [2.24, 2.45) is 0 Å². The molecule has 7 nitrogen and oxygen atoms in total. The average molecular weight is 411 g/mol. The minimum atomic E-state index is -3.65. The molecule has 0 radical (unpaired) electrons. The van der Waals surface area contributed by atoms with Crippen molar-refractivity contribution in [3.63, 3.8) is 0 Å². The fourth-order valence-corrected chi connectivity index (χ4v) is 4.92. The Morgan fingerprint density at radius 2 is 1.89 bits per heavy atom. The molecule has 9 heteroatoms. The molecule has 1 heterocycles. The molecule has 1 amide bonds. The van der Waals surface area contributed by atoms with Crippen LogP contribution in [0.2, 0.25) is 0 Å². The second kappa shape index (κ2) is 8.90. The maximum Gasteiger partial charge on any atom is 0.257 e. The van der Waals surface area contributed by atoms with E-state index in [-0.39, 0.29) is 16.5 Å². The number of carbonyl (C=O) groups is 1. The number of carbonyl (C=O) groups excluding carboxylic acids is 1. The number of benzene rings is 1. The van der Waals surface area contributed by atoms with E-state index in [2.05, 4.69) is 29.4 Å². The summed E-state index contributed by atoms with van der Waals surface area (Å²) in [5, 5.41) is 12.2. The monoisotopic (exact) mass is 410 g/mol. The van der Waals surface area contributed by atoms with Crippen LogP contribution in [0.4, 0.5) is 5.13 Å². The van der Waals surface area contributed by atoms with E-state index in [9.17, 15) is 13.2 Å². The molecule has 0 saturated carbocycles. The van der Waals surface area contributed by atoms with Crippen LogP contribution in [0.1, 0.15) is 61.8 Å². The molecule has 0 aliphatic carbocycles. The van der Waals surface area contributed by atoms with Crippen LogP contribution in [0, 0.1) is 0 Å². The Kier molecular flexibility index (Phi) is 7.07. The van der Waals surface area contributed by atoms with Crippen LogP contribution in [0.3, 0.4) is 0 Å². The lowest BCUT2D eigenvalue weighted by atomic mass is 10.1. The molecule has 0 bridgehead atoms. The Bertz CT molecular complexity index is 890. The quantitative estimate of drug-likeness (QED) is 0.716. The lowest BCUT2D eigenvalue weighted by molar-refractivity contribution is 0.102. The van der Waals surface area contributed by atoms with Gasteiger partial charge in [-0.3, -0.25) is 10.1 Å². The summed E-state index contributed by atoms with van der Waals surface area (Å²) in [6.07, 6.45) is 1.92. The Morgan fingerprint density at radius 1 is 1.22 bits per heavy atom. The van der Waals surface area contributed by atoms with Gasteiger partial charge in [0.2, 0.25) is 15.2 Å². The number of sulfonamides is 1. The standard InChI is InChI=1S/C18H26N4O3S2/c1-6-13(7-2)17-20-21-18(26-17)19-16(23)14-9-8-10-15(11-14)27(24,25)22(5)12(3)4/h8-13H,6-7H2,1-5H3,(H,19,21,23). The summed E-state index contributed by atoms with van der Waals surface area (Å²) in [5.74, 6) is -0.0836. The molecule has 0 spiro atoms. The van der Waals surface area contributed by atoms with Gasteiger partial charge in [0.15, 0.2) is 0 Å². The maximum atomic E-state index is 12.6. The van der Waals surface area contributed by atoms with Gasteiger partial charge in [0.05, 0.1) is 4.90 Å². The third kappa shape index (κ3) is 4.91. The van der Waals surface area contributed by atoms with Crippen LogP contribution >= 0.6 is 11.3 Å². The van der Waals surface area contributed by atoms with Gasteiger partial charge in [-0.2, -0.15) is 4.31 Å². The van der Waals surface area contributed by atoms with Gasteiger partial charge in [0, 0.05) is 24.6 Å². The van der Waals surface area contributed by atoms with Crippen LogP contribution in [0.15, 0.2) is 29.2 Å². The first kappa shape index (κ1) is 21.5. The molecule has 1 aromatic heterocycles. The number of anilines is 1. The molecule has 0 aliphatic rings. The van der Waals surface area contributed by atoms with Crippen LogP contribution < -0.4 is 5.32 Å². The largest absolute Gasteiger partial charge is 0.296 e. The number of hydrogen-bond donors (Lipinski definition) is 1. The van der Waals surface area contributed by atoms with Crippen molar-refractivity contribution < 1.29 is 13.2 Å². The maximum absolute atomic E-state index is 12.6. The Hall–Kier alpha value is -1.84. The van der Waals surface area contributed by atoms with E-state index >= 15 is 0 Å². The minimum Gasteiger partial charge on any atom is -0.296 e. The molecule has 1 N–H and O–H groups in total. The van der Waals surface area contributed by atoms with E-state index < -0.39 is 15.9 Å². The van der Waals surface area contributed by atoms with Gasteiger partial charge in [-0.1, -0.05) is 31.3 Å². The van der Waals surface area contributed by atoms with E-state index in [0.29, 0.717) is 11.0 Å². The molecule has 0 saturated heterocycles. The molecule has 148 valence electrons. The molecule has 0 atom stereocenters. The Labute approximate surface area is 164 Å². The highest BCUT2D eigenvalue weighted by atomic mass is 32.2. The van der Waals surface area contributed by atoms with Gasteiger partial charge in [-0.05, 0) is 44.9 Å². The Balaban J connectivity index is 2.21. The SMILES string of the molecule is CCC(CC)c1nnc(NC(=O)c2cccc(S(=O)(=O)N(C)C(C)C)c2)s1. The number of rotatable bonds is 8. The predicted octanol–water partition coefficient (Wildman–Crippen LogP) is 3.72. The summed E-state index contributed by atoms with van der Waals surface area (Å²) < 4.78 is 26.5. The van der Waals surface area contributed by atoms with Gasteiger partial charge in [-0.15, -0.1) is 10.2 Å². The summed E-state index contributed by atoms with van der Waals surface area (Å²) in [4.78, 5) is 12.6.